The van der Waals surface area contributed by atoms with Gasteiger partial charge in [-0.1, -0.05) is 27.2 Å². The number of nitrogens with zero attached hydrogens (tertiary/aromatic N) is 2. The normalized spacial score (nSPS) is 10.1. The lowest BCUT2D eigenvalue weighted by Crippen LogP contribution is -1.75. The van der Waals surface area contributed by atoms with Gasteiger partial charge in [-0.2, -0.15) is 4.98 Å². The van der Waals surface area contributed by atoms with Gasteiger partial charge in [-0.05, 0) is 18.2 Å². The predicted molar refractivity (Wildman–Crippen MR) is 47.4 cm³/mol. The van der Waals surface area contributed by atoms with Crippen molar-refractivity contribution in [3.05, 3.63) is 35.1 Å². The minimum atomic E-state index is 0.538. The van der Waals surface area contributed by atoms with Gasteiger partial charge >= 0.3 is 0 Å². The van der Waals surface area contributed by atoms with Crippen molar-refractivity contribution in [3.63, 3.8) is 0 Å². The number of benzene rings is 1. The van der Waals surface area contributed by atoms with Crippen LogP contribution in [0.5, 0.6) is 0 Å². The molecule has 1 heterocycles. The fourth-order valence-corrected chi connectivity index (χ4v) is 1.32. The van der Waals surface area contributed by atoms with Gasteiger partial charge in [0, 0.05) is 10.0 Å². The molecular formula is C8H5BrN2O. The van der Waals surface area contributed by atoms with Crippen molar-refractivity contribution in [2.75, 3.05) is 0 Å². The third kappa shape index (κ3) is 1.38. The third-order valence-corrected chi connectivity index (χ3v) is 1.93. The fraction of sp³-hybridized carbons (Fsp3) is 0. The molecule has 1 aromatic carbocycles. The van der Waals surface area contributed by atoms with E-state index in [1.165, 1.54) is 6.33 Å². The molecule has 3 nitrogen and oxygen atoms in total. The maximum atomic E-state index is 4.89. The molecule has 1 aromatic heterocycles. The molecule has 2 rings (SSSR count). The van der Waals surface area contributed by atoms with Crippen molar-refractivity contribution in [2.24, 2.45) is 0 Å². The summed E-state index contributed by atoms with van der Waals surface area (Å²) in [6.07, 6.45) is 1.39. The van der Waals surface area contributed by atoms with Crippen LogP contribution in [-0.2, 0) is 0 Å². The molecule has 0 fully saturated rings. The summed E-state index contributed by atoms with van der Waals surface area (Å²) in [5.74, 6) is 0.538. The summed E-state index contributed by atoms with van der Waals surface area (Å²) >= 11 is 3.36. The Bertz CT molecular complexity index is 372. The van der Waals surface area contributed by atoms with Gasteiger partial charge in [0.1, 0.15) is 0 Å². The summed E-state index contributed by atoms with van der Waals surface area (Å²) in [6.45, 7) is 0. The van der Waals surface area contributed by atoms with Crippen molar-refractivity contribution in [3.8, 4) is 11.5 Å². The highest BCUT2D eigenvalue weighted by atomic mass is 79.9. The van der Waals surface area contributed by atoms with Crippen molar-refractivity contribution in [1.29, 1.82) is 0 Å². The molecule has 0 aliphatic heterocycles. The van der Waals surface area contributed by atoms with Gasteiger partial charge in [0.05, 0.1) is 0 Å². The van der Waals surface area contributed by atoms with E-state index in [4.69, 9.17) is 4.52 Å². The first-order chi connectivity index (χ1) is 5.86. The molecule has 0 aliphatic carbocycles. The van der Waals surface area contributed by atoms with Crippen LogP contribution in [0.2, 0.25) is 0 Å². The fourth-order valence-electron chi connectivity index (χ4n) is 0.922. The van der Waals surface area contributed by atoms with Crippen LogP contribution in [0.3, 0.4) is 0 Å². The lowest BCUT2D eigenvalue weighted by molar-refractivity contribution is 0.430. The SMILES string of the molecule is Brc1cccc(-c2ncno2)c1. The molecule has 2 aromatic rings. The number of hydrogen-bond acceptors (Lipinski definition) is 3. The smallest absolute Gasteiger partial charge is 0.257 e. The molecule has 60 valence electrons. The molecule has 0 unspecified atom stereocenters. The molecule has 4 heteroatoms. The zero-order chi connectivity index (χ0) is 8.39. The first kappa shape index (κ1) is 7.49. The van der Waals surface area contributed by atoms with Crippen LogP contribution in [-0.4, -0.2) is 10.1 Å². The van der Waals surface area contributed by atoms with Gasteiger partial charge in [0.15, 0.2) is 6.33 Å². The molecule has 0 aliphatic rings. The molecule has 0 saturated heterocycles. The highest BCUT2D eigenvalue weighted by molar-refractivity contribution is 9.10. The molecule has 0 bridgehead atoms. The molecule has 0 spiro atoms. The Morgan fingerprint density at radius 3 is 2.92 bits per heavy atom. The zero-order valence-electron chi connectivity index (χ0n) is 6.07. The van der Waals surface area contributed by atoms with Gasteiger partial charge in [-0.25, -0.2) is 0 Å². The van der Waals surface area contributed by atoms with Gasteiger partial charge in [-0.3, -0.25) is 0 Å². The summed E-state index contributed by atoms with van der Waals surface area (Å²) in [5.41, 5.74) is 0.918. The van der Waals surface area contributed by atoms with Crippen molar-refractivity contribution < 1.29 is 4.52 Å². The van der Waals surface area contributed by atoms with Gasteiger partial charge in [0.25, 0.3) is 5.89 Å². The number of halogens is 1. The second-order valence-electron chi connectivity index (χ2n) is 2.26. The number of aromatic nitrogens is 2. The van der Waals surface area contributed by atoms with E-state index in [-0.39, 0.29) is 0 Å². The molecule has 0 radical (unpaired) electrons. The van der Waals surface area contributed by atoms with Gasteiger partial charge in [0.2, 0.25) is 0 Å². The lowest BCUT2D eigenvalue weighted by atomic mass is 10.2. The van der Waals surface area contributed by atoms with Crippen LogP contribution in [0.15, 0.2) is 39.6 Å². The molecule has 0 saturated carbocycles. The molecule has 0 atom stereocenters. The Labute approximate surface area is 77.5 Å². The van der Waals surface area contributed by atoms with Crippen molar-refractivity contribution in [2.45, 2.75) is 0 Å². The van der Waals surface area contributed by atoms with E-state index < -0.39 is 0 Å². The summed E-state index contributed by atoms with van der Waals surface area (Å²) in [5, 5.41) is 3.53. The van der Waals surface area contributed by atoms with Crippen LogP contribution < -0.4 is 0 Å². The van der Waals surface area contributed by atoms with Crippen molar-refractivity contribution in [1.82, 2.24) is 10.1 Å². The summed E-state index contributed by atoms with van der Waals surface area (Å²) in [7, 11) is 0. The third-order valence-electron chi connectivity index (χ3n) is 1.43. The van der Waals surface area contributed by atoms with E-state index in [1.807, 2.05) is 24.3 Å². The lowest BCUT2D eigenvalue weighted by Gasteiger charge is -1.93. The maximum absolute atomic E-state index is 4.89. The topological polar surface area (TPSA) is 38.9 Å². The van der Waals surface area contributed by atoms with Gasteiger partial charge < -0.3 is 4.52 Å². The highest BCUT2D eigenvalue weighted by Gasteiger charge is 2.02. The summed E-state index contributed by atoms with van der Waals surface area (Å²) in [4.78, 5) is 3.93. The molecule has 12 heavy (non-hydrogen) atoms. The summed E-state index contributed by atoms with van der Waals surface area (Å²) < 4.78 is 5.89. The molecular weight excluding hydrogens is 220 g/mol. The quantitative estimate of drug-likeness (QED) is 0.748. The predicted octanol–water partition coefficient (Wildman–Crippen LogP) is 2.50. The highest BCUT2D eigenvalue weighted by Crippen LogP contribution is 2.19. The zero-order valence-corrected chi connectivity index (χ0v) is 7.65. The van der Waals surface area contributed by atoms with E-state index in [1.54, 1.807) is 0 Å². The van der Waals surface area contributed by atoms with E-state index in [9.17, 15) is 0 Å². The van der Waals surface area contributed by atoms with E-state index in [2.05, 4.69) is 26.1 Å². The largest absolute Gasteiger partial charge is 0.334 e. The minimum Gasteiger partial charge on any atom is -0.334 e. The second kappa shape index (κ2) is 3.06. The minimum absolute atomic E-state index is 0.538. The van der Waals surface area contributed by atoms with E-state index in [0.29, 0.717) is 5.89 Å². The van der Waals surface area contributed by atoms with Gasteiger partial charge in [-0.15, -0.1) is 0 Å². The van der Waals surface area contributed by atoms with E-state index in [0.717, 1.165) is 10.0 Å². The average molecular weight is 225 g/mol. The Kier molecular flexibility index (Phi) is 1.91. The Hall–Kier alpha value is -1.16. The maximum Gasteiger partial charge on any atom is 0.257 e. The summed E-state index contributed by atoms with van der Waals surface area (Å²) in [6, 6.07) is 7.70. The monoisotopic (exact) mass is 224 g/mol. The second-order valence-corrected chi connectivity index (χ2v) is 3.17. The van der Waals surface area contributed by atoms with Crippen LogP contribution in [0, 0.1) is 0 Å². The van der Waals surface area contributed by atoms with Crippen molar-refractivity contribution >= 4 is 15.9 Å². The van der Waals surface area contributed by atoms with Crippen LogP contribution in [0.4, 0.5) is 0 Å². The van der Waals surface area contributed by atoms with Crippen LogP contribution in [0.25, 0.3) is 11.5 Å². The van der Waals surface area contributed by atoms with E-state index >= 15 is 0 Å². The standard InChI is InChI=1S/C8H5BrN2O/c9-7-3-1-2-6(4-7)8-10-5-11-12-8/h1-5H. The Morgan fingerprint density at radius 2 is 2.25 bits per heavy atom. The Balaban J connectivity index is 2.48. The molecule has 0 N–H and O–H groups in total. The number of rotatable bonds is 1. The molecule has 0 amide bonds. The Morgan fingerprint density at radius 1 is 1.33 bits per heavy atom. The van der Waals surface area contributed by atoms with Crippen LogP contribution >= 0.6 is 15.9 Å². The first-order valence-corrected chi connectivity index (χ1v) is 4.18. The average Bonchev–Trinajstić information content (AvgIpc) is 2.56. The number of hydrogen-bond donors (Lipinski definition) is 0. The first-order valence-electron chi connectivity index (χ1n) is 3.39. The van der Waals surface area contributed by atoms with Crippen LogP contribution in [0.1, 0.15) is 0 Å².